The van der Waals surface area contributed by atoms with Gasteiger partial charge in [-0.25, -0.2) is 4.79 Å². The number of hydrogen-bond acceptors (Lipinski definition) is 2. The SMILES string of the molecule is CC(C)OC(=O)c1cc2c(ccn2C)[nH]1. The Hall–Kier alpha value is -1.71. The first kappa shape index (κ1) is 9.83. The van der Waals surface area contributed by atoms with Crippen LogP contribution in [-0.4, -0.2) is 21.6 Å². The molecule has 15 heavy (non-hydrogen) atoms. The zero-order chi connectivity index (χ0) is 11.0. The van der Waals surface area contributed by atoms with E-state index in [-0.39, 0.29) is 12.1 Å². The Bertz CT molecular complexity index is 494. The molecular weight excluding hydrogens is 192 g/mol. The number of H-pyrrole nitrogens is 1. The number of carbonyl (C=O) groups excluding carboxylic acids is 1. The highest BCUT2D eigenvalue weighted by Crippen LogP contribution is 2.16. The van der Waals surface area contributed by atoms with Gasteiger partial charge in [0.1, 0.15) is 5.69 Å². The molecule has 2 heterocycles. The normalized spacial score (nSPS) is 11.2. The van der Waals surface area contributed by atoms with Crippen molar-refractivity contribution < 1.29 is 9.53 Å². The van der Waals surface area contributed by atoms with Crippen LogP contribution in [0.5, 0.6) is 0 Å². The second kappa shape index (κ2) is 3.46. The number of aromatic amines is 1. The molecule has 4 nitrogen and oxygen atoms in total. The molecule has 0 saturated carbocycles. The smallest absolute Gasteiger partial charge is 0.355 e. The van der Waals surface area contributed by atoms with E-state index in [2.05, 4.69) is 4.98 Å². The van der Waals surface area contributed by atoms with Crippen molar-refractivity contribution in [2.75, 3.05) is 0 Å². The van der Waals surface area contributed by atoms with Gasteiger partial charge in [-0.3, -0.25) is 0 Å². The average molecular weight is 206 g/mol. The maximum Gasteiger partial charge on any atom is 0.355 e. The van der Waals surface area contributed by atoms with Crippen molar-refractivity contribution in [1.82, 2.24) is 9.55 Å². The topological polar surface area (TPSA) is 47.0 Å². The van der Waals surface area contributed by atoms with E-state index in [0.29, 0.717) is 5.69 Å². The summed E-state index contributed by atoms with van der Waals surface area (Å²) in [5, 5.41) is 0. The Morgan fingerprint density at radius 2 is 2.27 bits per heavy atom. The third-order valence-corrected chi connectivity index (χ3v) is 2.23. The van der Waals surface area contributed by atoms with Crippen LogP contribution in [0.3, 0.4) is 0 Å². The molecule has 80 valence electrons. The van der Waals surface area contributed by atoms with E-state index in [9.17, 15) is 4.79 Å². The molecule has 1 N–H and O–H groups in total. The monoisotopic (exact) mass is 206 g/mol. The lowest BCUT2D eigenvalue weighted by Crippen LogP contribution is -2.11. The number of fused-ring (bicyclic) bond motifs is 1. The molecule has 2 aromatic heterocycles. The summed E-state index contributed by atoms with van der Waals surface area (Å²) in [6, 6.07) is 3.74. The van der Waals surface area contributed by atoms with Crippen molar-refractivity contribution in [2.45, 2.75) is 20.0 Å². The first-order chi connectivity index (χ1) is 7.08. The second-order valence-electron chi connectivity index (χ2n) is 3.86. The van der Waals surface area contributed by atoms with Crippen molar-refractivity contribution in [3.63, 3.8) is 0 Å². The van der Waals surface area contributed by atoms with E-state index in [1.54, 1.807) is 6.07 Å². The van der Waals surface area contributed by atoms with Crippen LogP contribution in [0.25, 0.3) is 11.0 Å². The summed E-state index contributed by atoms with van der Waals surface area (Å²) < 4.78 is 7.05. The Morgan fingerprint density at radius 1 is 1.53 bits per heavy atom. The quantitative estimate of drug-likeness (QED) is 0.764. The van der Waals surface area contributed by atoms with Gasteiger partial charge in [-0.15, -0.1) is 0 Å². The molecule has 0 spiro atoms. The summed E-state index contributed by atoms with van der Waals surface area (Å²) >= 11 is 0. The van der Waals surface area contributed by atoms with E-state index < -0.39 is 0 Å². The summed E-state index contributed by atoms with van der Waals surface area (Å²) in [5.74, 6) is -0.304. The van der Waals surface area contributed by atoms with Gasteiger partial charge in [-0.05, 0) is 26.0 Å². The Balaban J connectivity index is 2.32. The molecule has 2 rings (SSSR count). The minimum absolute atomic E-state index is 0.0936. The van der Waals surface area contributed by atoms with E-state index in [1.807, 2.05) is 37.7 Å². The molecule has 0 atom stereocenters. The molecule has 4 heteroatoms. The van der Waals surface area contributed by atoms with Gasteiger partial charge in [-0.2, -0.15) is 0 Å². The van der Waals surface area contributed by atoms with Crippen molar-refractivity contribution in [3.8, 4) is 0 Å². The first-order valence-corrected chi connectivity index (χ1v) is 4.93. The predicted molar refractivity (Wildman–Crippen MR) is 57.8 cm³/mol. The lowest BCUT2D eigenvalue weighted by atomic mass is 10.4. The van der Waals surface area contributed by atoms with Crippen molar-refractivity contribution in [2.24, 2.45) is 7.05 Å². The fourth-order valence-electron chi connectivity index (χ4n) is 1.53. The standard InChI is InChI=1S/C11H14N2O2/c1-7(2)15-11(14)9-6-10-8(12-9)4-5-13(10)3/h4-7,12H,1-3H3. The molecule has 0 aliphatic carbocycles. The number of carbonyl (C=O) groups is 1. The van der Waals surface area contributed by atoms with Crippen molar-refractivity contribution >= 4 is 17.0 Å². The molecular formula is C11H14N2O2. The number of nitrogens with one attached hydrogen (secondary N) is 1. The maximum atomic E-state index is 11.6. The van der Waals surface area contributed by atoms with Crippen LogP contribution in [0, 0.1) is 0 Å². The Kier molecular flexibility index (Phi) is 2.26. The number of esters is 1. The van der Waals surface area contributed by atoms with E-state index in [4.69, 9.17) is 4.74 Å². The molecule has 0 aliphatic rings. The van der Waals surface area contributed by atoms with Crippen LogP contribution in [0.4, 0.5) is 0 Å². The van der Waals surface area contributed by atoms with Crippen molar-refractivity contribution in [3.05, 3.63) is 24.0 Å². The highest BCUT2D eigenvalue weighted by Gasteiger charge is 2.13. The van der Waals surface area contributed by atoms with Crippen LogP contribution >= 0.6 is 0 Å². The van der Waals surface area contributed by atoms with Crippen LogP contribution in [0.2, 0.25) is 0 Å². The summed E-state index contributed by atoms with van der Waals surface area (Å²) in [6.45, 7) is 3.67. The van der Waals surface area contributed by atoms with Gasteiger partial charge in [0.25, 0.3) is 0 Å². The summed E-state index contributed by atoms with van der Waals surface area (Å²) in [4.78, 5) is 14.6. The fourth-order valence-corrected chi connectivity index (χ4v) is 1.53. The van der Waals surface area contributed by atoms with E-state index in [0.717, 1.165) is 11.0 Å². The summed E-state index contributed by atoms with van der Waals surface area (Å²) in [6.07, 6.45) is 1.85. The number of ether oxygens (including phenoxy) is 1. The van der Waals surface area contributed by atoms with Gasteiger partial charge in [0.2, 0.25) is 0 Å². The van der Waals surface area contributed by atoms with Crippen LogP contribution in [-0.2, 0) is 11.8 Å². The Labute approximate surface area is 87.8 Å². The zero-order valence-electron chi connectivity index (χ0n) is 9.07. The minimum Gasteiger partial charge on any atom is -0.458 e. The highest BCUT2D eigenvalue weighted by atomic mass is 16.5. The molecule has 2 aromatic rings. The minimum atomic E-state index is -0.304. The lowest BCUT2D eigenvalue weighted by Gasteiger charge is -2.05. The van der Waals surface area contributed by atoms with Gasteiger partial charge in [-0.1, -0.05) is 0 Å². The molecule has 0 fully saturated rings. The van der Waals surface area contributed by atoms with Gasteiger partial charge in [0, 0.05) is 13.2 Å². The summed E-state index contributed by atoms with van der Waals surface area (Å²) in [7, 11) is 1.94. The molecule has 0 aromatic carbocycles. The van der Waals surface area contributed by atoms with Crippen LogP contribution in [0.1, 0.15) is 24.3 Å². The third-order valence-electron chi connectivity index (χ3n) is 2.23. The number of nitrogens with zero attached hydrogens (tertiary/aromatic N) is 1. The third kappa shape index (κ3) is 1.75. The molecule has 0 bridgehead atoms. The van der Waals surface area contributed by atoms with Gasteiger partial charge in [0.15, 0.2) is 0 Å². The van der Waals surface area contributed by atoms with Crippen LogP contribution in [0.15, 0.2) is 18.3 Å². The number of aryl methyl sites for hydroxylation is 1. The molecule has 0 radical (unpaired) electrons. The average Bonchev–Trinajstić information content (AvgIpc) is 2.67. The van der Waals surface area contributed by atoms with Gasteiger partial charge < -0.3 is 14.3 Å². The second-order valence-corrected chi connectivity index (χ2v) is 3.86. The molecule has 0 aliphatic heterocycles. The van der Waals surface area contributed by atoms with E-state index in [1.165, 1.54) is 0 Å². The highest BCUT2D eigenvalue weighted by molar-refractivity contribution is 5.94. The number of rotatable bonds is 2. The molecule has 0 amide bonds. The first-order valence-electron chi connectivity index (χ1n) is 4.93. The zero-order valence-corrected chi connectivity index (χ0v) is 9.07. The number of hydrogen-bond donors (Lipinski definition) is 1. The predicted octanol–water partition coefficient (Wildman–Crippen LogP) is 2.07. The van der Waals surface area contributed by atoms with Gasteiger partial charge in [0.05, 0.1) is 17.1 Å². The van der Waals surface area contributed by atoms with Crippen molar-refractivity contribution in [1.29, 1.82) is 0 Å². The largest absolute Gasteiger partial charge is 0.458 e. The Morgan fingerprint density at radius 3 is 2.87 bits per heavy atom. The van der Waals surface area contributed by atoms with Crippen LogP contribution < -0.4 is 0 Å². The molecule has 0 unspecified atom stereocenters. The molecule has 0 saturated heterocycles. The van der Waals surface area contributed by atoms with Gasteiger partial charge >= 0.3 is 5.97 Å². The summed E-state index contributed by atoms with van der Waals surface area (Å²) in [5.41, 5.74) is 2.46. The fraction of sp³-hybridized carbons (Fsp3) is 0.364. The maximum absolute atomic E-state index is 11.6. The number of aromatic nitrogens is 2. The lowest BCUT2D eigenvalue weighted by molar-refractivity contribution is 0.0372. The van der Waals surface area contributed by atoms with E-state index >= 15 is 0 Å².